The monoisotopic (exact) mass is 559 g/mol. The number of nitro groups is 1. The lowest BCUT2D eigenvalue weighted by molar-refractivity contribution is -0.384. The molecule has 3 N–H and O–H groups in total. The molecular formula is C28H25N5O6S. The van der Waals surface area contributed by atoms with E-state index in [2.05, 4.69) is 16.0 Å². The fraction of sp³-hybridized carbons (Fsp3) is 0.179. The van der Waals surface area contributed by atoms with Gasteiger partial charge in [-0.1, -0.05) is 18.2 Å². The van der Waals surface area contributed by atoms with Crippen molar-refractivity contribution in [1.82, 2.24) is 5.32 Å². The topological polar surface area (TPSA) is 139 Å². The average molecular weight is 560 g/mol. The Morgan fingerprint density at radius 2 is 1.75 bits per heavy atom. The van der Waals surface area contributed by atoms with E-state index in [0.29, 0.717) is 48.9 Å². The maximum absolute atomic E-state index is 13.1. The molecule has 1 aliphatic rings. The minimum absolute atomic E-state index is 0.0166. The summed E-state index contributed by atoms with van der Waals surface area (Å²) in [6.45, 7) is 3.91. The Hall–Kier alpha value is -4.81. The number of non-ortho nitro benzene ring substituents is 1. The van der Waals surface area contributed by atoms with Crippen LogP contribution in [0.3, 0.4) is 0 Å². The van der Waals surface area contributed by atoms with E-state index in [1.54, 1.807) is 36.4 Å². The number of nitrogens with zero attached hydrogens (tertiary/aromatic N) is 2. The molecule has 1 aliphatic heterocycles. The lowest BCUT2D eigenvalue weighted by atomic mass is 10.1. The zero-order valence-electron chi connectivity index (χ0n) is 21.4. The number of ether oxygens (including phenoxy) is 1. The van der Waals surface area contributed by atoms with E-state index in [1.165, 1.54) is 12.1 Å². The molecule has 3 aromatic carbocycles. The first-order valence-corrected chi connectivity index (χ1v) is 12.8. The molecule has 5 rings (SSSR count). The van der Waals surface area contributed by atoms with Crippen LogP contribution in [-0.4, -0.2) is 48.2 Å². The number of nitro benzene ring substituents is 1. The maximum Gasteiger partial charge on any atom is 0.291 e. The van der Waals surface area contributed by atoms with Gasteiger partial charge < -0.3 is 24.7 Å². The molecule has 0 spiro atoms. The summed E-state index contributed by atoms with van der Waals surface area (Å²) in [6.07, 6.45) is 0. The highest BCUT2D eigenvalue weighted by Crippen LogP contribution is 2.27. The zero-order chi connectivity index (χ0) is 28.2. The maximum atomic E-state index is 13.1. The fourth-order valence-corrected chi connectivity index (χ4v) is 4.60. The van der Waals surface area contributed by atoms with Crippen LogP contribution in [0.4, 0.5) is 22.7 Å². The third-order valence-corrected chi connectivity index (χ3v) is 6.60. The minimum atomic E-state index is -0.575. The van der Waals surface area contributed by atoms with E-state index in [0.717, 1.165) is 10.9 Å². The Morgan fingerprint density at radius 1 is 0.975 bits per heavy atom. The summed E-state index contributed by atoms with van der Waals surface area (Å²) in [7, 11) is 0. The summed E-state index contributed by atoms with van der Waals surface area (Å²) in [5.41, 5.74) is 3.04. The van der Waals surface area contributed by atoms with Crippen LogP contribution in [-0.2, 0) is 4.74 Å². The number of thiocarbonyl (C=S) groups is 1. The quantitative estimate of drug-likeness (QED) is 0.172. The Bertz CT molecular complexity index is 1600. The van der Waals surface area contributed by atoms with Crippen LogP contribution in [0.2, 0.25) is 0 Å². The summed E-state index contributed by atoms with van der Waals surface area (Å²) < 4.78 is 11.0. The number of nitrogens with one attached hydrogen (secondary N) is 3. The van der Waals surface area contributed by atoms with Crippen LogP contribution in [0, 0.1) is 17.0 Å². The van der Waals surface area contributed by atoms with Crippen molar-refractivity contribution >= 4 is 62.9 Å². The highest BCUT2D eigenvalue weighted by atomic mass is 32.1. The van der Waals surface area contributed by atoms with Crippen LogP contribution in [0.1, 0.15) is 26.5 Å². The molecule has 1 saturated heterocycles. The van der Waals surface area contributed by atoms with Gasteiger partial charge in [0.1, 0.15) is 5.58 Å². The van der Waals surface area contributed by atoms with E-state index >= 15 is 0 Å². The SMILES string of the molecule is Cc1cc(NC(=S)NC(=O)c2cc([N+](=O)[O-])ccc2N2CCOCC2)ccc1NC(=O)c1cc2ccccc2o1. The molecule has 12 heteroatoms. The summed E-state index contributed by atoms with van der Waals surface area (Å²) in [5, 5.41) is 20.6. The van der Waals surface area contributed by atoms with Gasteiger partial charge in [-0.25, -0.2) is 0 Å². The van der Waals surface area contributed by atoms with Gasteiger partial charge in [-0.2, -0.15) is 0 Å². The molecule has 1 aromatic heterocycles. The molecular weight excluding hydrogens is 534 g/mol. The van der Waals surface area contributed by atoms with Gasteiger partial charge in [0.15, 0.2) is 10.9 Å². The van der Waals surface area contributed by atoms with Crippen LogP contribution in [0.5, 0.6) is 0 Å². The molecule has 204 valence electrons. The first kappa shape index (κ1) is 26.8. The summed E-state index contributed by atoms with van der Waals surface area (Å²) in [6, 6.07) is 18.4. The number of carbonyl (C=O) groups excluding carboxylic acids is 2. The second kappa shape index (κ2) is 11.5. The van der Waals surface area contributed by atoms with Crippen molar-refractivity contribution in [3.63, 3.8) is 0 Å². The number of anilines is 3. The van der Waals surface area contributed by atoms with Gasteiger partial charge in [0, 0.05) is 42.0 Å². The Balaban J connectivity index is 1.25. The van der Waals surface area contributed by atoms with E-state index < -0.39 is 10.8 Å². The number of rotatable bonds is 6. The molecule has 1 fully saturated rings. The smallest absolute Gasteiger partial charge is 0.291 e. The van der Waals surface area contributed by atoms with Gasteiger partial charge in [-0.15, -0.1) is 0 Å². The van der Waals surface area contributed by atoms with Crippen molar-refractivity contribution in [1.29, 1.82) is 0 Å². The number of furan rings is 1. The number of carbonyl (C=O) groups is 2. The predicted molar refractivity (Wildman–Crippen MR) is 155 cm³/mol. The van der Waals surface area contributed by atoms with Crippen molar-refractivity contribution in [3.8, 4) is 0 Å². The van der Waals surface area contributed by atoms with Crippen LogP contribution < -0.4 is 20.9 Å². The van der Waals surface area contributed by atoms with E-state index in [-0.39, 0.29) is 28.0 Å². The lowest BCUT2D eigenvalue weighted by Crippen LogP contribution is -2.39. The lowest BCUT2D eigenvalue weighted by Gasteiger charge is -2.30. The molecule has 11 nitrogen and oxygen atoms in total. The van der Waals surface area contributed by atoms with Gasteiger partial charge in [0.05, 0.1) is 29.4 Å². The number of amides is 2. The Kier molecular flexibility index (Phi) is 7.71. The van der Waals surface area contributed by atoms with E-state index in [1.807, 2.05) is 30.0 Å². The first-order chi connectivity index (χ1) is 19.3. The zero-order valence-corrected chi connectivity index (χ0v) is 22.2. The number of benzene rings is 3. The molecule has 0 saturated carbocycles. The summed E-state index contributed by atoms with van der Waals surface area (Å²) in [5.74, 6) is -0.755. The molecule has 0 atom stereocenters. The molecule has 0 radical (unpaired) electrons. The molecule has 0 bridgehead atoms. The number of hydrogen-bond donors (Lipinski definition) is 3. The molecule has 4 aromatic rings. The van der Waals surface area contributed by atoms with Gasteiger partial charge >= 0.3 is 0 Å². The molecule has 2 heterocycles. The second-order valence-corrected chi connectivity index (χ2v) is 9.51. The predicted octanol–water partition coefficient (Wildman–Crippen LogP) is 4.87. The van der Waals surface area contributed by atoms with Gasteiger partial charge in [-0.3, -0.25) is 25.0 Å². The summed E-state index contributed by atoms with van der Waals surface area (Å²) >= 11 is 5.35. The van der Waals surface area contributed by atoms with Crippen LogP contribution in [0.25, 0.3) is 11.0 Å². The molecule has 2 amide bonds. The standard InChI is InChI=1S/C28H25N5O6S/c1-17-14-19(6-8-22(17)30-27(35)25-15-18-4-2-3-5-24(18)39-25)29-28(40)31-26(34)21-16-20(33(36)37)7-9-23(21)32-10-12-38-13-11-32/h2-9,14-16H,10-13H2,1H3,(H,30,35)(H2,29,31,34,40). The minimum Gasteiger partial charge on any atom is -0.451 e. The highest BCUT2D eigenvalue weighted by Gasteiger charge is 2.23. The van der Waals surface area contributed by atoms with Gasteiger partial charge in [0.25, 0.3) is 17.5 Å². The van der Waals surface area contributed by atoms with E-state index in [4.69, 9.17) is 21.4 Å². The fourth-order valence-electron chi connectivity index (χ4n) is 4.39. The van der Waals surface area contributed by atoms with Crippen molar-refractivity contribution in [3.05, 3.63) is 93.7 Å². The van der Waals surface area contributed by atoms with Gasteiger partial charge in [0.2, 0.25) is 0 Å². The normalized spacial score (nSPS) is 13.1. The number of fused-ring (bicyclic) bond motifs is 1. The number of para-hydroxylation sites is 1. The molecule has 0 unspecified atom stereocenters. The largest absolute Gasteiger partial charge is 0.451 e. The van der Waals surface area contributed by atoms with Crippen LogP contribution >= 0.6 is 12.2 Å². The number of hydrogen-bond acceptors (Lipinski definition) is 8. The molecule has 40 heavy (non-hydrogen) atoms. The van der Waals surface area contributed by atoms with Crippen LogP contribution in [0.15, 0.2) is 71.1 Å². The average Bonchev–Trinajstić information content (AvgIpc) is 3.39. The molecule has 0 aliphatic carbocycles. The van der Waals surface area contributed by atoms with Crippen molar-refractivity contribution < 1.29 is 23.7 Å². The highest BCUT2D eigenvalue weighted by molar-refractivity contribution is 7.80. The van der Waals surface area contributed by atoms with E-state index in [9.17, 15) is 19.7 Å². The number of morpholine rings is 1. The third kappa shape index (κ3) is 5.92. The van der Waals surface area contributed by atoms with Gasteiger partial charge in [-0.05, 0) is 61.1 Å². The van der Waals surface area contributed by atoms with Crippen molar-refractivity contribution in [2.45, 2.75) is 6.92 Å². The Labute approximate surface area is 234 Å². The second-order valence-electron chi connectivity index (χ2n) is 9.10. The van der Waals surface area contributed by atoms with Crippen molar-refractivity contribution in [2.75, 3.05) is 41.8 Å². The Morgan fingerprint density at radius 3 is 2.48 bits per heavy atom. The third-order valence-electron chi connectivity index (χ3n) is 6.40. The first-order valence-electron chi connectivity index (χ1n) is 12.4. The van der Waals surface area contributed by atoms with Crippen molar-refractivity contribution in [2.24, 2.45) is 0 Å². The number of aryl methyl sites for hydroxylation is 1. The summed E-state index contributed by atoms with van der Waals surface area (Å²) in [4.78, 5) is 38.6.